The number of ether oxygens (including phenoxy) is 2. The van der Waals surface area contributed by atoms with E-state index in [9.17, 15) is 9.59 Å². The molecule has 1 aromatic heterocycles. The minimum absolute atomic E-state index is 0.0235. The summed E-state index contributed by atoms with van der Waals surface area (Å²) in [5.74, 6) is -0.880. The van der Waals surface area contributed by atoms with Gasteiger partial charge in [-0.2, -0.15) is 0 Å². The van der Waals surface area contributed by atoms with Gasteiger partial charge in [-0.25, -0.2) is 4.79 Å². The number of benzene rings is 2. The lowest BCUT2D eigenvalue weighted by Gasteiger charge is -2.35. The number of nitrogens with one attached hydrogen (secondary N) is 1. The second-order valence-corrected chi connectivity index (χ2v) is 6.83. The van der Waals surface area contributed by atoms with Crippen LogP contribution in [0.4, 0.5) is 5.69 Å². The number of pyridine rings is 1. The second-order valence-electron chi connectivity index (χ2n) is 6.83. The Bertz CT molecular complexity index is 1230. The molecule has 3 aromatic rings. The maximum absolute atomic E-state index is 13.5. The van der Waals surface area contributed by atoms with Gasteiger partial charge in [0.05, 0.1) is 6.61 Å². The Hall–Kier alpha value is -3.87. The first-order chi connectivity index (χ1) is 14.1. The Morgan fingerprint density at radius 2 is 2.00 bits per heavy atom. The van der Waals surface area contributed by atoms with Crippen LogP contribution in [0.15, 0.2) is 66.2 Å². The Labute approximate surface area is 166 Å². The largest absolute Gasteiger partial charge is 0.462 e. The molecule has 2 aliphatic rings. The van der Waals surface area contributed by atoms with Crippen LogP contribution in [0.1, 0.15) is 18.1 Å². The van der Waals surface area contributed by atoms with Crippen molar-refractivity contribution in [3.8, 4) is 5.75 Å². The van der Waals surface area contributed by atoms with E-state index in [1.54, 1.807) is 31.3 Å². The van der Waals surface area contributed by atoms with E-state index in [-0.39, 0.29) is 24.0 Å². The number of carbonyl (C=O) groups excluding carboxylic acids is 2. The first kappa shape index (κ1) is 17.2. The highest BCUT2D eigenvalue weighted by Crippen LogP contribution is 2.54. The Balaban J connectivity index is 1.92. The lowest BCUT2D eigenvalue weighted by Crippen LogP contribution is -2.45. The molecular weight excluding hydrogens is 370 g/mol. The van der Waals surface area contributed by atoms with Gasteiger partial charge in [0, 0.05) is 28.4 Å². The molecule has 0 bridgehead atoms. The number of esters is 1. The number of para-hydroxylation sites is 1. The number of amides is 1. The second kappa shape index (κ2) is 6.07. The van der Waals surface area contributed by atoms with Gasteiger partial charge in [0.25, 0.3) is 0 Å². The summed E-state index contributed by atoms with van der Waals surface area (Å²) in [6.45, 7) is 1.83. The van der Waals surface area contributed by atoms with Crippen LogP contribution in [0.25, 0.3) is 10.9 Å². The molecule has 0 fully saturated rings. The molecule has 2 aromatic carbocycles. The molecule has 7 nitrogen and oxygen atoms in total. The van der Waals surface area contributed by atoms with Crippen molar-refractivity contribution in [1.82, 2.24) is 4.98 Å². The highest BCUT2D eigenvalue weighted by Gasteiger charge is 2.58. The van der Waals surface area contributed by atoms with Gasteiger partial charge in [-0.05, 0) is 19.1 Å². The number of carbonyl (C=O) groups is 2. The van der Waals surface area contributed by atoms with Crippen molar-refractivity contribution in [1.29, 1.82) is 0 Å². The van der Waals surface area contributed by atoms with Gasteiger partial charge < -0.3 is 20.5 Å². The molecule has 0 unspecified atom stereocenters. The fraction of sp³-hybridized carbons (Fsp3) is 0.136. The summed E-state index contributed by atoms with van der Waals surface area (Å²) in [7, 11) is 0. The lowest BCUT2D eigenvalue weighted by atomic mass is 9.68. The molecule has 1 atom stereocenters. The monoisotopic (exact) mass is 387 g/mol. The van der Waals surface area contributed by atoms with E-state index in [1.165, 1.54) is 0 Å². The molecule has 29 heavy (non-hydrogen) atoms. The third-order valence-corrected chi connectivity index (χ3v) is 5.37. The third-order valence-electron chi connectivity index (χ3n) is 5.37. The van der Waals surface area contributed by atoms with Crippen molar-refractivity contribution in [3.63, 3.8) is 0 Å². The van der Waals surface area contributed by atoms with Crippen molar-refractivity contribution in [2.75, 3.05) is 11.9 Å². The van der Waals surface area contributed by atoms with E-state index in [4.69, 9.17) is 15.2 Å². The van der Waals surface area contributed by atoms with Crippen LogP contribution < -0.4 is 15.8 Å². The number of hydrogen-bond donors (Lipinski definition) is 2. The Morgan fingerprint density at radius 3 is 2.83 bits per heavy atom. The highest BCUT2D eigenvalue weighted by atomic mass is 16.5. The average molecular weight is 387 g/mol. The van der Waals surface area contributed by atoms with Crippen molar-refractivity contribution < 1.29 is 19.1 Å². The Kier molecular flexibility index (Phi) is 3.61. The van der Waals surface area contributed by atoms with Gasteiger partial charge in [0.2, 0.25) is 11.8 Å². The molecule has 0 saturated heterocycles. The van der Waals surface area contributed by atoms with Gasteiger partial charge in [0.1, 0.15) is 16.5 Å². The average Bonchev–Trinajstić information content (AvgIpc) is 3.00. The minimum atomic E-state index is -1.48. The zero-order chi connectivity index (χ0) is 20.2. The van der Waals surface area contributed by atoms with Crippen molar-refractivity contribution in [2.24, 2.45) is 5.73 Å². The molecule has 7 heteroatoms. The van der Waals surface area contributed by atoms with Crippen molar-refractivity contribution in [2.45, 2.75) is 12.3 Å². The molecular formula is C22H17N3O4. The van der Waals surface area contributed by atoms with E-state index in [0.717, 1.165) is 5.39 Å². The Morgan fingerprint density at radius 1 is 1.17 bits per heavy atom. The molecule has 5 rings (SSSR count). The first-order valence-corrected chi connectivity index (χ1v) is 9.23. The summed E-state index contributed by atoms with van der Waals surface area (Å²) in [6, 6.07) is 14.6. The normalized spacial score (nSPS) is 19.6. The SMILES string of the molecule is CCOC(=O)C1=C(N)Oc2c(ccc3cccnc23)[C@]12C(=O)Nc1ccccc12. The zero-order valence-electron chi connectivity index (χ0n) is 15.6. The highest BCUT2D eigenvalue weighted by molar-refractivity contribution is 6.18. The van der Waals surface area contributed by atoms with Crippen LogP contribution in [0, 0.1) is 0 Å². The minimum Gasteiger partial charge on any atom is -0.462 e. The predicted molar refractivity (Wildman–Crippen MR) is 106 cm³/mol. The molecule has 1 spiro atoms. The van der Waals surface area contributed by atoms with Gasteiger partial charge in [0.15, 0.2) is 5.75 Å². The summed E-state index contributed by atoms with van der Waals surface area (Å²) in [6.07, 6.45) is 1.64. The standard InChI is InChI=1S/C22H17N3O4/c1-2-28-20(26)16-19(23)29-18-14(10-9-12-6-5-11-24-17(12)18)22(16)13-7-3-4-8-15(13)25-21(22)27/h3-11H,2,23H2,1H3,(H,25,27)/t22-/m0/s1. The van der Waals surface area contributed by atoms with E-state index < -0.39 is 11.4 Å². The van der Waals surface area contributed by atoms with E-state index >= 15 is 0 Å². The number of anilines is 1. The molecule has 0 saturated carbocycles. The molecule has 0 radical (unpaired) electrons. The van der Waals surface area contributed by atoms with Crippen molar-refractivity contribution in [3.05, 3.63) is 77.3 Å². The molecule has 3 N–H and O–H groups in total. The maximum atomic E-state index is 13.5. The van der Waals surface area contributed by atoms with Gasteiger partial charge in [-0.1, -0.05) is 36.4 Å². The van der Waals surface area contributed by atoms with Crippen LogP contribution in [0.5, 0.6) is 5.75 Å². The predicted octanol–water partition coefficient (Wildman–Crippen LogP) is 2.60. The lowest BCUT2D eigenvalue weighted by molar-refractivity contribution is -0.140. The van der Waals surface area contributed by atoms with Gasteiger partial charge in [-0.15, -0.1) is 0 Å². The summed E-state index contributed by atoms with van der Waals surface area (Å²) in [5.41, 5.74) is 7.03. The van der Waals surface area contributed by atoms with Crippen molar-refractivity contribution >= 4 is 28.5 Å². The van der Waals surface area contributed by atoms with Gasteiger partial charge >= 0.3 is 5.97 Å². The fourth-order valence-electron chi connectivity index (χ4n) is 4.23. The number of nitrogens with two attached hydrogens (primary N) is 1. The van der Waals surface area contributed by atoms with Crippen LogP contribution in [0.2, 0.25) is 0 Å². The van der Waals surface area contributed by atoms with E-state index in [2.05, 4.69) is 10.3 Å². The van der Waals surface area contributed by atoms with Crippen LogP contribution in [0.3, 0.4) is 0 Å². The third kappa shape index (κ3) is 2.15. The number of hydrogen-bond acceptors (Lipinski definition) is 6. The molecule has 0 aliphatic carbocycles. The van der Waals surface area contributed by atoms with Crippen LogP contribution >= 0.6 is 0 Å². The van der Waals surface area contributed by atoms with Crippen LogP contribution in [-0.4, -0.2) is 23.5 Å². The molecule has 144 valence electrons. The molecule has 3 heterocycles. The summed E-state index contributed by atoms with van der Waals surface area (Å²) in [4.78, 5) is 30.9. The quantitative estimate of drug-likeness (QED) is 0.655. The number of nitrogens with zero attached hydrogens (tertiary/aromatic N) is 1. The smallest absolute Gasteiger partial charge is 0.341 e. The first-order valence-electron chi connectivity index (χ1n) is 9.23. The fourth-order valence-corrected chi connectivity index (χ4v) is 4.23. The number of aromatic nitrogens is 1. The summed E-state index contributed by atoms with van der Waals surface area (Å²) in [5, 5.41) is 3.72. The molecule has 1 amide bonds. The van der Waals surface area contributed by atoms with Crippen LogP contribution in [-0.2, 0) is 19.7 Å². The number of fused-ring (bicyclic) bond motifs is 6. The zero-order valence-corrected chi connectivity index (χ0v) is 15.6. The summed E-state index contributed by atoms with van der Waals surface area (Å²) >= 11 is 0. The van der Waals surface area contributed by atoms with E-state index in [1.807, 2.05) is 30.3 Å². The van der Waals surface area contributed by atoms with E-state index in [0.29, 0.717) is 28.1 Å². The number of rotatable bonds is 2. The maximum Gasteiger partial charge on any atom is 0.341 e. The topological polar surface area (TPSA) is 104 Å². The molecule has 2 aliphatic heterocycles. The summed E-state index contributed by atoms with van der Waals surface area (Å²) < 4.78 is 11.1. The van der Waals surface area contributed by atoms with Gasteiger partial charge in [-0.3, -0.25) is 9.78 Å².